The fourth-order valence-corrected chi connectivity index (χ4v) is 3.97. The first-order chi connectivity index (χ1) is 11.5. The first kappa shape index (κ1) is 16.4. The molecule has 0 radical (unpaired) electrons. The Labute approximate surface area is 139 Å². The van der Waals surface area contributed by atoms with E-state index in [1.54, 1.807) is 4.90 Å². The van der Waals surface area contributed by atoms with E-state index in [0.29, 0.717) is 17.9 Å². The van der Waals surface area contributed by atoms with Crippen LogP contribution in [-0.4, -0.2) is 40.9 Å². The SMILES string of the molecule is COC(=O)[C@@H]1C[C@H]2CCCC[C@H]2N1C(=O)c1ccc([N+](=O)[O-])cc1. The molecule has 7 heteroatoms. The Morgan fingerprint density at radius 2 is 1.88 bits per heavy atom. The molecule has 1 aromatic rings. The maximum Gasteiger partial charge on any atom is 0.328 e. The molecule has 0 bridgehead atoms. The number of ether oxygens (including phenoxy) is 1. The molecule has 1 aliphatic carbocycles. The van der Waals surface area contributed by atoms with Gasteiger partial charge in [0.05, 0.1) is 12.0 Å². The van der Waals surface area contributed by atoms with Crippen LogP contribution < -0.4 is 0 Å². The molecule has 1 amide bonds. The van der Waals surface area contributed by atoms with Crippen molar-refractivity contribution in [1.29, 1.82) is 0 Å². The van der Waals surface area contributed by atoms with E-state index < -0.39 is 11.0 Å². The van der Waals surface area contributed by atoms with Gasteiger partial charge >= 0.3 is 5.97 Å². The van der Waals surface area contributed by atoms with Gasteiger partial charge in [0, 0.05) is 23.7 Å². The van der Waals surface area contributed by atoms with E-state index in [-0.39, 0.29) is 23.6 Å². The number of benzene rings is 1. The second-order valence-corrected chi connectivity index (χ2v) is 6.40. The van der Waals surface area contributed by atoms with Crippen LogP contribution in [0, 0.1) is 16.0 Å². The standard InChI is InChI=1S/C17H20N2O5/c1-24-17(21)15-10-12-4-2-3-5-14(12)18(15)16(20)11-6-8-13(9-7-11)19(22)23/h6-9,12,14-15H,2-5,10H2,1H3/t12-,14-,15+/m1/s1. The van der Waals surface area contributed by atoms with Crippen molar-refractivity contribution < 1.29 is 19.2 Å². The van der Waals surface area contributed by atoms with E-state index in [2.05, 4.69) is 0 Å². The van der Waals surface area contributed by atoms with Crippen LogP contribution in [-0.2, 0) is 9.53 Å². The lowest BCUT2D eigenvalue weighted by molar-refractivity contribution is -0.384. The summed E-state index contributed by atoms with van der Waals surface area (Å²) in [6.45, 7) is 0. The third-order valence-corrected chi connectivity index (χ3v) is 5.12. The summed E-state index contributed by atoms with van der Waals surface area (Å²) in [6.07, 6.45) is 4.70. The first-order valence-electron chi connectivity index (χ1n) is 8.18. The van der Waals surface area contributed by atoms with Gasteiger partial charge in [-0.25, -0.2) is 4.79 Å². The zero-order chi connectivity index (χ0) is 17.3. The fourth-order valence-electron chi connectivity index (χ4n) is 3.97. The first-order valence-corrected chi connectivity index (χ1v) is 8.18. The van der Waals surface area contributed by atoms with Crippen molar-refractivity contribution >= 4 is 17.6 Å². The Morgan fingerprint density at radius 1 is 1.21 bits per heavy atom. The topological polar surface area (TPSA) is 89.8 Å². The number of nitrogens with zero attached hydrogens (tertiary/aromatic N) is 2. The molecule has 128 valence electrons. The Hall–Kier alpha value is -2.44. The molecule has 1 aliphatic heterocycles. The average Bonchev–Trinajstić information content (AvgIpc) is 3.00. The number of likely N-dealkylation sites (tertiary alicyclic amines) is 1. The van der Waals surface area contributed by atoms with Gasteiger partial charge in [0.15, 0.2) is 0 Å². The Kier molecular flexibility index (Phi) is 4.51. The van der Waals surface area contributed by atoms with E-state index in [1.807, 2.05) is 0 Å². The van der Waals surface area contributed by atoms with Crippen LogP contribution in [0.5, 0.6) is 0 Å². The number of nitro groups is 1. The number of amides is 1. The maximum atomic E-state index is 13.0. The molecule has 1 aromatic carbocycles. The molecule has 2 aliphatic rings. The van der Waals surface area contributed by atoms with Crippen molar-refractivity contribution in [2.75, 3.05) is 7.11 Å². The summed E-state index contributed by atoms with van der Waals surface area (Å²) < 4.78 is 4.88. The second kappa shape index (κ2) is 6.59. The zero-order valence-corrected chi connectivity index (χ0v) is 13.5. The highest BCUT2D eigenvalue weighted by Gasteiger charge is 2.48. The number of carbonyl (C=O) groups is 2. The molecule has 1 heterocycles. The Bertz CT molecular complexity index is 657. The normalized spacial score (nSPS) is 25.9. The van der Waals surface area contributed by atoms with Gasteiger partial charge in [-0.1, -0.05) is 12.8 Å². The minimum atomic E-state index is -0.564. The van der Waals surface area contributed by atoms with E-state index in [4.69, 9.17) is 4.74 Å². The third-order valence-electron chi connectivity index (χ3n) is 5.12. The lowest BCUT2D eigenvalue weighted by Crippen LogP contribution is -2.46. The van der Waals surface area contributed by atoms with Crippen molar-refractivity contribution in [1.82, 2.24) is 4.90 Å². The number of fused-ring (bicyclic) bond motifs is 1. The zero-order valence-electron chi connectivity index (χ0n) is 13.5. The number of nitro benzene ring substituents is 1. The molecule has 0 N–H and O–H groups in total. The Balaban J connectivity index is 1.89. The average molecular weight is 332 g/mol. The number of methoxy groups -OCH3 is 1. The van der Waals surface area contributed by atoms with E-state index in [9.17, 15) is 19.7 Å². The minimum absolute atomic E-state index is 0.0468. The number of hydrogen-bond donors (Lipinski definition) is 0. The molecule has 24 heavy (non-hydrogen) atoms. The lowest BCUT2D eigenvalue weighted by atomic mass is 9.84. The van der Waals surface area contributed by atoms with Gasteiger partial charge in [-0.2, -0.15) is 0 Å². The quantitative estimate of drug-likeness (QED) is 0.482. The molecule has 0 unspecified atom stereocenters. The monoisotopic (exact) mass is 332 g/mol. The third kappa shape index (κ3) is 2.86. The van der Waals surface area contributed by atoms with E-state index in [1.165, 1.54) is 31.4 Å². The van der Waals surface area contributed by atoms with Crippen molar-refractivity contribution in [3.8, 4) is 0 Å². The predicted octanol–water partition coefficient (Wildman–Crippen LogP) is 2.54. The molecule has 0 spiro atoms. The number of esters is 1. The molecular weight excluding hydrogens is 312 g/mol. The van der Waals surface area contributed by atoms with Crippen LogP contribution >= 0.6 is 0 Å². The molecule has 3 rings (SSSR count). The minimum Gasteiger partial charge on any atom is -0.467 e. The smallest absolute Gasteiger partial charge is 0.328 e. The van der Waals surface area contributed by atoms with Crippen molar-refractivity contribution in [2.45, 2.75) is 44.2 Å². The molecule has 0 aromatic heterocycles. The van der Waals surface area contributed by atoms with Crippen molar-refractivity contribution in [3.05, 3.63) is 39.9 Å². The summed E-state index contributed by atoms with van der Waals surface area (Å²) >= 11 is 0. The fraction of sp³-hybridized carbons (Fsp3) is 0.529. The number of hydrogen-bond acceptors (Lipinski definition) is 5. The van der Waals surface area contributed by atoms with Crippen LogP contribution in [0.25, 0.3) is 0 Å². The summed E-state index contributed by atoms with van der Waals surface area (Å²) in [5.74, 6) is -0.320. The van der Waals surface area contributed by atoms with Crippen molar-refractivity contribution in [3.63, 3.8) is 0 Å². The highest BCUT2D eigenvalue weighted by atomic mass is 16.6. The second-order valence-electron chi connectivity index (χ2n) is 6.40. The number of non-ortho nitro benzene ring substituents is 1. The van der Waals surface area contributed by atoms with Gasteiger partial charge in [0.25, 0.3) is 11.6 Å². The maximum absolute atomic E-state index is 13.0. The van der Waals surface area contributed by atoms with Gasteiger partial charge in [-0.15, -0.1) is 0 Å². The lowest BCUT2D eigenvalue weighted by Gasteiger charge is -2.33. The summed E-state index contributed by atoms with van der Waals surface area (Å²) in [4.78, 5) is 37.0. The van der Waals surface area contributed by atoms with E-state index >= 15 is 0 Å². The Morgan fingerprint density at radius 3 is 2.50 bits per heavy atom. The highest BCUT2D eigenvalue weighted by Crippen LogP contribution is 2.40. The van der Waals surface area contributed by atoms with E-state index in [0.717, 1.165) is 25.7 Å². The summed E-state index contributed by atoms with van der Waals surface area (Å²) in [6, 6.07) is 5.01. The molecule has 3 atom stereocenters. The van der Waals surface area contributed by atoms with Crippen LogP contribution in [0.15, 0.2) is 24.3 Å². The summed E-state index contributed by atoms with van der Waals surface area (Å²) in [5.41, 5.74) is 0.300. The number of rotatable bonds is 3. The van der Waals surface area contributed by atoms with Crippen LogP contribution in [0.2, 0.25) is 0 Å². The largest absolute Gasteiger partial charge is 0.467 e. The molecular formula is C17H20N2O5. The molecule has 1 saturated carbocycles. The van der Waals surface area contributed by atoms with Crippen LogP contribution in [0.1, 0.15) is 42.5 Å². The molecule has 2 fully saturated rings. The molecule has 7 nitrogen and oxygen atoms in total. The summed E-state index contributed by atoms with van der Waals surface area (Å²) in [7, 11) is 1.33. The van der Waals surface area contributed by atoms with Crippen molar-refractivity contribution in [2.24, 2.45) is 5.92 Å². The van der Waals surface area contributed by atoms with Crippen LogP contribution in [0.4, 0.5) is 5.69 Å². The van der Waals surface area contributed by atoms with Gasteiger partial charge in [0.1, 0.15) is 6.04 Å². The number of carbonyl (C=O) groups excluding carboxylic acids is 2. The molecule has 1 saturated heterocycles. The van der Waals surface area contributed by atoms with Gasteiger partial charge < -0.3 is 9.64 Å². The predicted molar refractivity (Wildman–Crippen MR) is 85.4 cm³/mol. The van der Waals surface area contributed by atoms with Crippen LogP contribution in [0.3, 0.4) is 0 Å². The summed E-state index contributed by atoms with van der Waals surface area (Å²) in [5, 5.41) is 10.8. The van der Waals surface area contributed by atoms with Gasteiger partial charge in [0.2, 0.25) is 0 Å². The van der Waals surface area contributed by atoms with Gasteiger partial charge in [-0.05, 0) is 37.3 Å². The van der Waals surface area contributed by atoms with Gasteiger partial charge in [-0.3, -0.25) is 14.9 Å². The highest BCUT2D eigenvalue weighted by molar-refractivity contribution is 5.97.